The number of hydrogen-bond acceptors (Lipinski definition) is 1. The lowest BCUT2D eigenvalue weighted by Gasteiger charge is -2.16. The molecule has 1 aromatic carbocycles. The maximum atomic E-state index is 4.20. The van der Waals surface area contributed by atoms with Crippen LogP contribution < -0.4 is 0 Å². The molecule has 0 saturated carbocycles. The van der Waals surface area contributed by atoms with E-state index in [1.807, 2.05) is 12.4 Å². The lowest BCUT2D eigenvalue weighted by molar-refractivity contribution is 0.768. The maximum absolute atomic E-state index is 4.20. The van der Waals surface area contributed by atoms with Crippen LogP contribution >= 0.6 is 15.9 Å². The monoisotopic (exact) mass is 263 g/mol. The molecule has 0 spiro atoms. The number of alkyl halides is 1. The first-order chi connectivity index (χ1) is 7.20. The zero-order valence-corrected chi connectivity index (χ0v) is 10.5. The second kappa shape index (κ2) is 4.31. The zero-order valence-electron chi connectivity index (χ0n) is 8.94. The summed E-state index contributed by atoms with van der Waals surface area (Å²) in [5, 5.41) is 2.53. The minimum Gasteiger partial charge on any atom is -0.264 e. The quantitative estimate of drug-likeness (QED) is 0.743. The molecule has 0 fully saturated rings. The van der Waals surface area contributed by atoms with E-state index in [0.29, 0.717) is 10.7 Å². The number of rotatable bonds is 2. The predicted octanol–water partition coefficient (Wildman–Crippen LogP) is 4.12. The van der Waals surface area contributed by atoms with Crippen molar-refractivity contribution in [3.05, 3.63) is 42.2 Å². The lowest BCUT2D eigenvalue weighted by Crippen LogP contribution is -2.04. The molecule has 0 aliphatic carbocycles. The van der Waals surface area contributed by atoms with Crippen LogP contribution in [0.15, 0.2) is 36.7 Å². The minimum absolute atomic E-state index is 0.475. The summed E-state index contributed by atoms with van der Waals surface area (Å²) >= 11 is 3.64. The van der Waals surface area contributed by atoms with Gasteiger partial charge in [-0.15, -0.1) is 0 Å². The number of hydrogen-bond donors (Lipinski definition) is 0. The summed E-state index contributed by atoms with van der Waals surface area (Å²) in [6.45, 7) is 4.42. The third-order valence-corrected chi connectivity index (χ3v) is 3.69. The van der Waals surface area contributed by atoms with Crippen LogP contribution in [0.4, 0.5) is 0 Å². The number of nitrogens with zero attached hydrogens (tertiary/aromatic N) is 1. The van der Waals surface area contributed by atoms with Gasteiger partial charge in [0.1, 0.15) is 0 Å². The molecule has 2 rings (SSSR count). The highest BCUT2D eigenvalue weighted by atomic mass is 79.9. The summed E-state index contributed by atoms with van der Waals surface area (Å²) < 4.78 is 0. The van der Waals surface area contributed by atoms with Crippen LogP contribution in [-0.2, 0) is 0 Å². The maximum Gasteiger partial charge on any atom is 0.0349 e. The molecule has 2 atom stereocenters. The van der Waals surface area contributed by atoms with Crippen LogP contribution in [-0.4, -0.2) is 9.81 Å². The van der Waals surface area contributed by atoms with E-state index in [1.54, 1.807) is 0 Å². The summed E-state index contributed by atoms with van der Waals surface area (Å²) in [7, 11) is 0. The molecule has 0 aliphatic rings. The van der Waals surface area contributed by atoms with Crippen molar-refractivity contribution in [2.45, 2.75) is 24.6 Å². The Labute approximate surface area is 98.7 Å². The van der Waals surface area contributed by atoms with Crippen molar-refractivity contribution in [2.75, 3.05) is 0 Å². The molecule has 2 unspecified atom stereocenters. The summed E-state index contributed by atoms with van der Waals surface area (Å²) in [5.74, 6) is 0.498. The predicted molar refractivity (Wildman–Crippen MR) is 68.5 cm³/mol. The molecular formula is C13H14BrN. The van der Waals surface area contributed by atoms with E-state index in [0.717, 1.165) is 0 Å². The van der Waals surface area contributed by atoms with Gasteiger partial charge < -0.3 is 0 Å². The van der Waals surface area contributed by atoms with Gasteiger partial charge in [0.2, 0.25) is 0 Å². The van der Waals surface area contributed by atoms with Gasteiger partial charge in [0.05, 0.1) is 0 Å². The molecule has 15 heavy (non-hydrogen) atoms. The molecule has 0 bridgehead atoms. The fraction of sp³-hybridized carbons (Fsp3) is 0.308. The molecule has 1 nitrogen and oxygen atoms in total. The van der Waals surface area contributed by atoms with Gasteiger partial charge >= 0.3 is 0 Å². The molecule has 1 aromatic heterocycles. The zero-order chi connectivity index (χ0) is 10.8. The van der Waals surface area contributed by atoms with E-state index in [-0.39, 0.29) is 0 Å². The molecule has 0 N–H and O–H groups in total. The highest BCUT2D eigenvalue weighted by Gasteiger charge is 2.13. The molecule has 2 aromatic rings. The van der Waals surface area contributed by atoms with Crippen molar-refractivity contribution >= 4 is 26.7 Å². The summed E-state index contributed by atoms with van der Waals surface area (Å²) in [5.41, 5.74) is 1.37. The summed E-state index contributed by atoms with van der Waals surface area (Å²) in [4.78, 5) is 4.68. The van der Waals surface area contributed by atoms with Crippen molar-refractivity contribution in [3.8, 4) is 0 Å². The van der Waals surface area contributed by atoms with Crippen molar-refractivity contribution in [1.82, 2.24) is 4.98 Å². The first-order valence-electron chi connectivity index (χ1n) is 5.17. The van der Waals surface area contributed by atoms with E-state index >= 15 is 0 Å². The van der Waals surface area contributed by atoms with Gasteiger partial charge in [-0.2, -0.15) is 0 Å². The Kier molecular flexibility index (Phi) is 3.06. The van der Waals surface area contributed by atoms with Crippen LogP contribution in [0.5, 0.6) is 0 Å². The second-order valence-corrected chi connectivity index (χ2v) is 5.35. The van der Waals surface area contributed by atoms with Gasteiger partial charge in [0, 0.05) is 22.6 Å². The largest absolute Gasteiger partial charge is 0.264 e. The topological polar surface area (TPSA) is 12.9 Å². The van der Waals surface area contributed by atoms with E-state index in [4.69, 9.17) is 0 Å². The molecule has 0 aliphatic heterocycles. The summed E-state index contributed by atoms with van der Waals surface area (Å²) in [6, 6.07) is 8.49. The summed E-state index contributed by atoms with van der Waals surface area (Å²) in [6.07, 6.45) is 3.80. The molecule has 1 heterocycles. The SMILES string of the molecule is CC(Br)C(C)c1cccc2ccncc12. The van der Waals surface area contributed by atoms with Gasteiger partial charge in [0.25, 0.3) is 0 Å². The Morgan fingerprint density at radius 3 is 2.73 bits per heavy atom. The Bertz CT molecular complexity index is 460. The molecule has 0 amide bonds. The number of benzene rings is 1. The van der Waals surface area contributed by atoms with Crippen LogP contribution in [0, 0.1) is 0 Å². The van der Waals surface area contributed by atoms with Crippen LogP contribution in [0.2, 0.25) is 0 Å². The Balaban J connectivity index is 2.60. The standard InChI is InChI=1S/C13H14BrN/c1-9(10(2)14)12-5-3-4-11-6-7-15-8-13(11)12/h3-10H,1-2H3. The van der Waals surface area contributed by atoms with Gasteiger partial charge in [-0.1, -0.05) is 48.0 Å². The molecule has 0 saturated heterocycles. The lowest BCUT2D eigenvalue weighted by atomic mass is 9.94. The molecule has 78 valence electrons. The fourth-order valence-electron chi connectivity index (χ4n) is 1.78. The van der Waals surface area contributed by atoms with Crippen LogP contribution in [0.1, 0.15) is 25.3 Å². The molecular weight excluding hydrogens is 250 g/mol. The first kappa shape index (κ1) is 10.6. The van der Waals surface area contributed by atoms with Gasteiger partial charge in [-0.3, -0.25) is 4.98 Å². The average molecular weight is 264 g/mol. The van der Waals surface area contributed by atoms with Crippen LogP contribution in [0.25, 0.3) is 10.8 Å². The number of aromatic nitrogens is 1. The van der Waals surface area contributed by atoms with E-state index in [1.165, 1.54) is 16.3 Å². The van der Waals surface area contributed by atoms with Gasteiger partial charge in [-0.25, -0.2) is 0 Å². The van der Waals surface area contributed by atoms with Crippen molar-refractivity contribution in [2.24, 2.45) is 0 Å². The fourth-order valence-corrected chi connectivity index (χ4v) is 2.07. The molecule has 2 heteroatoms. The number of fused-ring (bicyclic) bond motifs is 1. The number of pyridine rings is 1. The van der Waals surface area contributed by atoms with E-state index in [9.17, 15) is 0 Å². The Hall–Kier alpha value is -0.890. The third kappa shape index (κ3) is 2.05. The highest BCUT2D eigenvalue weighted by molar-refractivity contribution is 9.09. The van der Waals surface area contributed by atoms with Crippen molar-refractivity contribution in [3.63, 3.8) is 0 Å². The Morgan fingerprint density at radius 1 is 1.20 bits per heavy atom. The van der Waals surface area contributed by atoms with Crippen molar-refractivity contribution < 1.29 is 0 Å². The average Bonchev–Trinajstić information content (AvgIpc) is 2.27. The normalized spacial score (nSPS) is 15.1. The number of halogens is 1. The minimum atomic E-state index is 0.475. The highest BCUT2D eigenvalue weighted by Crippen LogP contribution is 2.29. The Morgan fingerprint density at radius 2 is 2.00 bits per heavy atom. The molecule has 0 radical (unpaired) electrons. The first-order valence-corrected chi connectivity index (χ1v) is 6.08. The van der Waals surface area contributed by atoms with Gasteiger partial charge in [0.15, 0.2) is 0 Å². The van der Waals surface area contributed by atoms with Crippen molar-refractivity contribution in [1.29, 1.82) is 0 Å². The third-order valence-electron chi connectivity index (χ3n) is 2.90. The van der Waals surface area contributed by atoms with Crippen LogP contribution in [0.3, 0.4) is 0 Å². The van der Waals surface area contributed by atoms with Gasteiger partial charge in [-0.05, 0) is 22.9 Å². The van der Waals surface area contributed by atoms with E-state index < -0.39 is 0 Å². The second-order valence-electron chi connectivity index (χ2n) is 3.91. The smallest absolute Gasteiger partial charge is 0.0349 e. The van der Waals surface area contributed by atoms with E-state index in [2.05, 4.69) is 59.0 Å².